The molecule has 3 nitrogen and oxygen atoms in total. The van der Waals surface area contributed by atoms with E-state index < -0.39 is 17.7 Å². The lowest BCUT2D eigenvalue weighted by Gasteiger charge is -2.36. The maximum atomic E-state index is 12.8. The molecule has 1 atom stereocenters. The van der Waals surface area contributed by atoms with Crippen molar-refractivity contribution in [3.8, 4) is 0 Å². The second-order valence-corrected chi connectivity index (χ2v) is 3.92. The van der Waals surface area contributed by atoms with Crippen molar-refractivity contribution in [3.05, 3.63) is 35.4 Å². The van der Waals surface area contributed by atoms with E-state index in [1.807, 2.05) is 0 Å². The van der Waals surface area contributed by atoms with Gasteiger partial charge < -0.3 is 10.6 Å². The minimum Gasteiger partial charge on any atom is -0.339 e. The monoisotopic (exact) mass is 226 g/mol. The summed E-state index contributed by atoms with van der Waals surface area (Å²) in [6, 6.07) is 2.97. The summed E-state index contributed by atoms with van der Waals surface area (Å²) in [4.78, 5) is 12.7. The third-order valence-corrected chi connectivity index (χ3v) is 2.64. The first-order chi connectivity index (χ1) is 7.56. The molecule has 0 spiro atoms. The van der Waals surface area contributed by atoms with Gasteiger partial charge in [0.25, 0.3) is 0 Å². The van der Waals surface area contributed by atoms with Crippen molar-refractivity contribution in [2.24, 2.45) is 5.73 Å². The van der Waals surface area contributed by atoms with Gasteiger partial charge in [0.05, 0.1) is 0 Å². The van der Waals surface area contributed by atoms with E-state index in [2.05, 4.69) is 0 Å². The average molecular weight is 226 g/mol. The van der Waals surface area contributed by atoms with Crippen LogP contribution < -0.4 is 5.73 Å². The van der Waals surface area contributed by atoms with Crippen molar-refractivity contribution in [3.63, 3.8) is 0 Å². The van der Waals surface area contributed by atoms with Crippen LogP contribution in [0, 0.1) is 11.6 Å². The molecule has 1 aliphatic heterocycles. The van der Waals surface area contributed by atoms with E-state index >= 15 is 0 Å². The number of β-lactam (4-membered cyclic amide) rings is 1. The van der Waals surface area contributed by atoms with Gasteiger partial charge in [0.15, 0.2) is 0 Å². The predicted octanol–water partition coefficient (Wildman–Crippen LogP) is 0.677. The molecule has 1 aromatic carbocycles. The molecule has 1 saturated heterocycles. The topological polar surface area (TPSA) is 46.3 Å². The van der Waals surface area contributed by atoms with Gasteiger partial charge in [-0.05, 0) is 24.1 Å². The maximum Gasteiger partial charge on any atom is 0.241 e. The Balaban J connectivity index is 1.92. The minimum atomic E-state index is -0.596. The third-order valence-electron chi connectivity index (χ3n) is 2.64. The summed E-state index contributed by atoms with van der Waals surface area (Å²) >= 11 is 0. The number of nitrogens with zero attached hydrogens (tertiary/aromatic N) is 1. The van der Waals surface area contributed by atoms with Crippen LogP contribution in [-0.4, -0.2) is 29.9 Å². The van der Waals surface area contributed by atoms with Crippen LogP contribution in [0.25, 0.3) is 0 Å². The molecule has 1 heterocycles. The van der Waals surface area contributed by atoms with Crippen LogP contribution in [-0.2, 0) is 11.2 Å². The van der Waals surface area contributed by atoms with Gasteiger partial charge in [-0.15, -0.1) is 0 Å². The summed E-state index contributed by atoms with van der Waals surface area (Å²) in [7, 11) is 0. The van der Waals surface area contributed by atoms with E-state index in [1.54, 1.807) is 4.90 Å². The van der Waals surface area contributed by atoms with Gasteiger partial charge in [0, 0.05) is 19.2 Å². The van der Waals surface area contributed by atoms with Gasteiger partial charge in [0.2, 0.25) is 5.91 Å². The number of nitrogens with two attached hydrogens (primary N) is 1. The molecule has 0 bridgehead atoms. The predicted molar refractivity (Wildman–Crippen MR) is 54.6 cm³/mol. The number of hydrogen-bond donors (Lipinski definition) is 1. The smallest absolute Gasteiger partial charge is 0.241 e. The van der Waals surface area contributed by atoms with E-state index in [-0.39, 0.29) is 5.91 Å². The summed E-state index contributed by atoms with van der Waals surface area (Å²) in [5, 5.41) is 0. The molecule has 0 aliphatic carbocycles. The first kappa shape index (κ1) is 11.0. The highest BCUT2D eigenvalue weighted by molar-refractivity contribution is 5.87. The van der Waals surface area contributed by atoms with Crippen LogP contribution in [0.1, 0.15) is 5.56 Å². The molecule has 1 aliphatic rings. The quantitative estimate of drug-likeness (QED) is 0.770. The van der Waals surface area contributed by atoms with E-state index in [1.165, 1.54) is 12.1 Å². The summed E-state index contributed by atoms with van der Waals surface area (Å²) < 4.78 is 25.7. The molecule has 1 amide bonds. The number of halogens is 2. The van der Waals surface area contributed by atoms with Crippen LogP contribution in [0.2, 0.25) is 0 Å². The molecule has 0 radical (unpaired) electrons. The Bertz CT molecular complexity index is 402. The lowest BCUT2D eigenvalue weighted by molar-refractivity contribution is -0.142. The van der Waals surface area contributed by atoms with E-state index in [0.29, 0.717) is 25.1 Å². The molecule has 1 aromatic rings. The van der Waals surface area contributed by atoms with Crippen molar-refractivity contribution in [2.75, 3.05) is 13.1 Å². The fourth-order valence-corrected chi connectivity index (χ4v) is 1.75. The molecular weight excluding hydrogens is 214 g/mol. The largest absolute Gasteiger partial charge is 0.339 e. The fraction of sp³-hybridized carbons (Fsp3) is 0.364. The van der Waals surface area contributed by atoms with Crippen LogP contribution in [0.3, 0.4) is 0 Å². The number of rotatable bonds is 3. The molecule has 2 rings (SSSR count). The van der Waals surface area contributed by atoms with Gasteiger partial charge >= 0.3 is 0 Å². The average Bonchev–Trinajstić information content (AvgIpc) is 2.22. The first-order valence-corrected chi connectivity index (χ1v) is 5.05. The van der Waals surface area contributed by atoms with Gasteiger partial charge in [0.1, 0.15) is 17.7 Å². The second-order valence-electron chi connectivity index (χ2n) is 3.92. The molecule has 5 heteroatoms. The molecule has 1 fully saturated rings. The molecule has 0 saturated carbocycles. The normalized spacial score (nSPS) is 19.8. The Labute approximate surface area is 91.8 Å². The molecular formula is C11H12F2N2O. The van der Waals surface area contributed by atoms with Crippen molar-refractivity contribution < 1.29 is 13.6 Å². The number of hydrogen-bond acceptors (Lipinski definition) is 2. The Morgan fingerprint density at radius 3 is 2.44 bits per heavy atom. The van der Waals surface area contributed by atoms with E-state index in [9.17, 15) is 13.6 Å². The molecule has 86 valence electrons. The number of amides is 1. The lowest BCUT2D eigenvalue weighted by Crippen LogP contribution is -2.61. The van der Waals surface area contributed by atoms with Gasteiger partial charge in [-0.1, -0.05) is 0 Å². The molecule has 16 heavy (non-hydrogen) atoms. The Morgan fingerprint density at radius 2 is 1.94 bits per heavy atom. The minimum absolute atomic E-state index is 0.100. The summed E-state index contributed by atoms with van der Waals surface area (Å²) in [6.45, 7) is 0.978. The zero-order valence-electron chi connectivity index (χ0n) is 8.62. The summed E-state index contributed by atoms with van der Waals surface area (Å²) in [6.07, 6.45) is 0.438. The van der Waals surface area contributed by atoms with Gasteiger partial charge in [-0.25, -0.2) is 8.78 Å². The highest BCUT2D eigenvalue weighted by Gasteiger charge is 2.32. The molecule has 1 unspecified atom stereocenters. The van der Waals surface area contributed by atoms with Crippen LogP contribution in [0.4, 0.5) is 8.78 Å². The van der Waals surface area contributed by atoms with E-state index in [0.717, 1.165) is 6.07 Å². The van der Waals surface area contributed by atoms with Crippen LogP contribution in [0.15, 0.2) is 18.2 Å². The maximum absolute atomic E-state index is 12.8. The Kier molecular flexibility index (Phi) is 2.87. The SMILES string of the molecule is NC1CN(CCc2cc(F)cc(F)c2)C1=O. The third kappa shape index (κ3) is 2.19. The van der Waals surface area contributed by atoms with E-state index in [4.69, 9.17) is 5.73 Å². The highest BCUT2D eigenvalue weighted by atomic mass is 19.1. The van der Waals surface area contributed by atoms with Crippen molar-refractivity contribution >= 4 is 5.91 Å². The molecule has 0 aromatic heterocycles. The number of likely N-dealkylation sites (tertiary alicyclic amines) is 1. The zero-order valence-corrected chi connectivity index (χ0v) is 8.62. The van der Waals surface area contributed by atoms with Gasteiger partial charge in [-0.2, -0.15) is 0 Å². The van der Waals surface area contributed by atoms with Crippen molar-refractivity contribution in [1.82, 2.24) is 4.90 Å². The second kappa shape index (κ2) is 4.17. The van der Waals surface area contributed by atoms with Crippen LogP contribution >= 0.6 is 0 Å². The van der Waals surface area contributed by atoms with Crippen LogP contribution in [0.5, 0.6) is 0 Å². The van der Waals surface area contributed by atoms with Gasteiger partial charge in [-0.3, -0.25) is 4.79 Å². The highest BCUT2D eigenvalue weighted by Crippen LogP contribution is 2.12. The Morgan fingerprint density at radius 1 is 1.31 bits per heavy atom. The molecule has 2 N–H and O–H groups in total. The fourth-order valence-electron chi connectivity index (χ4n) is 1.75. The number of carbonyl (C=O) groups is 1. The first-order valence-electron chi connectivity index (χ1n) is 5.05. The number of benzene rings is 1. The Hall–Kier alpha value is -1.49. The zero-order chi connectivity index (χ0) is 11.7. The lowest BCUT2D eigenvalue weighted by atomic mass is 10.1. The van der Waals surface area contributed by atoms with Crippen molar-refractivity contribution in [2.45, 2.75) is 12.5 Å². The van der Waals surface area contributed by atoms with Crippen molar-refractivity contribution in [1.29, 1.82) is 0 Å². The summed E-state index contributed by atoms with van der Waals surface area (Å²) in [5.41, 5.74) is 5.97. The summed E-state index contributed by atoms with van der Waals surface area (Å²) in [5.74, 6) is -1.29. The standard InChI is InChI=1S/C11H12F2N2O/c12-8-3-7(4-9(13)5-8)1-2-15-6-10(14)11(15)16/h3-5,10H,1-2,6,14H2. The number of carbonyl (C=O) groups excluding carboxylic acids is 1.